The lowest BCUT2D eigenvalue weighted by Crippen LogP contribution is -1.85. The van der Waals surface area contributed by atoms with Gasteiger partial charge in [-0.25, -0.2) is 0 Å². The summed E-state index contributed by atoms with van der Waals surface area (Å²) in [6, 6.07) is 24.5. The average molecular weight is 278 g/mol. The smallest absolute Gasteiger partial charge is 0.101 e. The molecule has 4 aromatic carbocycles. The minimum absolute atomic E-state index is 0.426. The summed E-state index contributed by atoms with van der Waals surface area (Å²) in [4.78, 5) is 0. The molecule has 0 fully saturated rings. The molecule has 0 amide bonds. The molecule has 0 heterocycles. The fourth-order valence-corrected chi connectivity index (χ4v) is 2.93. The maximum Gasteiger partial charge on any atom is 0.101 e. The predicted molar refractivity (Wildman–Crippen MR) is 88.4 cm³/mol. The molecule has 0 unspecified atom stereocenters. The number of nitriles is 2. The minimum Gasteiger partial charge on any atom is -0.192 e. The maximum atomic E-state index is 9.16. The Bertz CT molecular complexity index is 1050. The fraction of sp³-hybridized carbons (Fsp3) is 0. The number of benzene rings is 4. The maximum absolute atomic E-state index is 9.16. The highest BCUT2D eigenvalue weighted by Crippen LogP contribution is 2.28. The Labute approximate surface area is 127 Å². The van der Waals surface area contributed by atoms with Crippen LogP contribution in [0.2, 0.25) is 0 Å². The van der Waals surface area contributed by atoms with E-state index in [-0.39, 0.29) is 0 Å². The minimum atomic E-state index is 0.426. The van der Waals surface area contributed by atoms with Crippen LogP contribution in [-0.4, -0.2) is 0 Å². The van der Waals surface area contributed by atoms with Gasteiger partial charge < -0.3 is 0 Å². The van der Waals surface area contributed by atoms with Gasteiger partial charge in [-0.1, -0.05) is 24.3 Å². The molecule has 0 aromatic heterocycles. The van der Waals surface area contributed by atoms with Gasteiger partial charge in [0.2, 0.25) is 0 Å². The van der Waals surface area contributed by atoms with Gasteiger partial charge in [0, 0.05) is 0 Å². The molecule has 100 valence electrons. The average Bonchev–Trinajstić information content (AvgIpc) is 2.56. The summed E-state index contributed by atoms with van der Waals surface area (Å²) in [6.45, 7) is 0. The molecular formula is C20H10N2. The van der Waals surface area contributed by atoms with Crippen molar-refractivity contribution >= 4 is 32.3 Å². The normalized spacial score (nSPS) is 10.6. The van der Waals surface area contributed by atoms with E-state index in [0.717, 1.165) is 21.5 Å². The standard InChI is InChI=1S/C20H10N2/c21-11-19-9-17-7-15-5-13-3-1-2-4-14(13)6-16(15)8-18(17)10-20(19)12-22/h1-10H. The third kappa shape index (κ3) is 1.79. The van der Waals surface area contributed by atoms with Crippen LogP contribution in [0.3, 0.4) is 0 Å². The molecule has 0 radical (unpaired) electrons. The van der Waals surface area contributed by atoms with E-state index in [0.29, 0.717) is 11.1 Å². The summed E-state index contributed by atoms with van der Waals surface area (Å²) in [5, 5.41) is 25.0. The number of hydrogen-bond donors (Lipinski definition) is 0. The van der Waals surface area contributed by atoms with Crippen LogP contribution >= 0.6 is 0 Å². The zero-order valence-corrected chi connectivity index (χ0v) is 11.7. The van der Waals surface area contributed by atoms with Crippen molar-refractivity contribution in [2.75, 3.05) is 0 Å². The van der Waals surface area contributed by atoms with Crippen LogP contribution in [0.25, 0.3) is 32.3 Å². The summed E-state index contributed by atoms with van der Waals surface area (Å²) in [6.07, 6.45) is 0. The highest BCUT2D eigenvalue weighted by atomic mass is 14.3. The molecule has 0 saturated carbocycles. The van der Waals surface area contributed by atoms with Crippen LogP contribution in [-0.2, 0) is 0 Å². The van der Waals surface area contributed by atoms with E-state index >= 15 is 0 Å². The summed E-state index contributed by atoms with van der Waals surface area (Å²) in [5.74, 6) is 0. The van der Waals surface area contributed by atoms with Crippen molar-refractivity contribution in [2.45, 2.75) is 0 Å². The van der Waals surface area contributed by atoms with Crippen molar-refractivity contribution in [2.24, 2.45) is 0 Å². The quantitative estimate of drug-likeness (QED) is 0.430. The topological polar surface area (TPSA) is 47.6 Å². The summed E-state index contributed by atoms with van der Waals surface area (Å²) < 4.78 is 0. The van der Waals surface area contributed by atoms with Gasteiger partial charge in [0.05, 0.1) is 11.1 Å². The molecule has 22 heavy (non-hydrogen) atoms. The van der Waals surface area contributed by atoms with E-state index in [1.54, 1.807) is 12.1 Å². The second kappa shape index (κ2) is 4.58. The Morgan fingerprint density at radius 2 is 0.864 bits per heavy atom. The monoisotopic (exact) mass is 278 g/mol. The zero-order valence-electron chi connectivity index (χ0n) is 11.7. The van der Waals surface area contributed by atoms with Crippen LogP contribution in [0.1, 0.15) is 11.1 Å². The van der Waals surface area contributed by atoms with Gasteiger partial charge >= 0.3 is 0 Å². The largest absolute Gasteiger partial charge is 0.192 e. The van der Waals surface area contributed by atoms with Gasteiger partial charge in [-0.05, 0) is 68.7 Å². The third-order valence-electron chi connectivity index (χ3n) is 4.04. The number of fused-ring (bicyclic) bond motifs is 3. The Morgan fingerprint density at radius 1 is 0.500 bits per heavy atom. The highest BCUT2D eigenvalue weighted by Gasteiger charge is 2.06. The van der Waals surface area contributed by atoms with Crippen LogP contribution in [0.5, 0.6) is 0 Å². The predicted octanol–water partition coefficient (Wildman–Crippen LogP) is 4.89. The zero-order chi connectivity index (χ0) is 15.1. The highest BCUT2D eigenvalue weighted by molar-refractivity contribution is 6.05. The summed E-state index contributed by atoms with van der Waals surface area (Å²) >= 11 is 0. The molecule has 0 atom stereocenters. The Balaban J connectivity index is 2.13. The first kappa shape index (κ1) is 12.4. The molecular weight excluding hydrogens is 268 g/mol. The van der Waals surface area contributed by atoms with Crippen LogP contribution in [0.4, 0.5) is 0 Å². The van der Waals surface area contributed by atoms with Crippen molar-refractivity contribution in [3.05, 3.63) is 71.8 Å². The van der Waals surface area contributed by atoms with E-state index in [9.17, 15) is 0 Å². The van der Waals surface area contributed by atoms with Gasteiger partial charge in [-0.2, -0.15) is 10.5 Å². The van der Waals surface area contributed by atoms with Crippen molar-refractivity contribution in [1.82, 2.24) is 0 Å². The van der Waals surface area contributed by atoms with E-state index in [1.807, 2.05) is 12.1 Å². The number of hydrogen-bond acceptors (Lipinski definition) is 2. The molecule has 4 rings (SSSR count). The first-order valence-corrected chi connectivity index (χ1v) is 6.99. The fourth-order valence-electron chi connectivity index (χ4n) is 2.93. The molecule has 0 aliphatic heterocycles. The van der Waals surface area contributed by atoms with E-state index < -0.39 is 0 Å². The molecule has 4 aromatic rings. The molecule has 0 bridgehead atoms. The first-order valence-electron chi connectivity index (χ1n) is 6.99. The lowest BCUT2D eigenvalue weighted by molar-refractivity contribution is 1.45. The van der Waals surface area contributed by atoms with Gasteiger partial charge in [0.25, 0.3) is 0 Å². The summed E-state index contributed by atoms with van der Waals surface area (Å²) in [7, 11) is 0. The van der Waals surface area contributed by atoms with E-state index in [2.05, 4.69) is 48.5 Å². The SMILES string of the molecule is N#Cc1cc2cc3cc4ccccc4cc3cc2cc1C#N. The van der Waals surface area contributed by atoms with Gasteiger partial charge in [-0.15, -0.1) is 0 Å². The second-order valence-corrected chi connectivity index (χ2v) is 5.37. The Hall–Kier alpha value is -3.36. The van der Waals surface area contributed by atoms with E-state index in [1.165, 1.54) is 10.8 Å². The molecule has 2 heteroatoms. The molecule has 0 aliphatic rings. The Kier molecular flexibility index (Phi) is 2.58. The van der Waals surface area contributed by atoms with Crippen molar-refractivity contribution in [3.8, 4) is 12.1 Å². The lowest BCUT2D eigenvalue weighted by atomic mass is 9.97. The van der Waals surface area contributed by atoms with Crippen molar-refractivity contribution in [3.63, 3.8) is 0 Å². The van der Waals surface area contributed by atoms with Crippen molar-refractivity contribution in [1.29, 1.82) is 10.5 Å². The first-order chi connectivity index (χ1) is 10.8. The molecule has 2 nitrogen and oxygen atoms in total. The molecule has 0 aliphatic carbocycles. The van der Waals surface area contributed by atoms with Gasteiger partial charge in [0.15, 0.2) is 0 Å². The van der Waals surface area contributed by atoms with E-state index in [4.69, 9.17) is 10.5 Å². The molecule has 0 saturated heterocycles. The Morgan fingerprint density at radius 3 is 1.27 bits per heavy atom. The van der Waals surface area contributed by atoms with Crippen LogP contribution in [0.15, 0.2) is 60.7 Å². The molecule has 0 spiro atoms. The molecule has 0 N–H and O–H groups in total. The number of nitrogens with zero attached hydrogens (tertiary/aromatic N) is 2. The van der Waals surface area contributed by atoms with Gasteiger partial charge in [0.1, 0.15) is 12.1 Å². The lowest BCUT2D eigenvalue weighted by Gasteiger charge is -2.06. The third-order valence-corrected chi connectivity index (χ3v) is 4.04. The van der Waals surface area contributed by atoms with Crippen LogP contribution < -0.4 is 0 Å². The van der Waals surface area contributed by atoms with Crippen molar-refractivity contribution < 1.29 is 0 Å². The number of rotatable bonds is 0. The van der Waals surface area contributed by atoms with Gasteiger partial charge in [-0.3, -0.25) is 0 Å². The second-order valence-electron chi connectivity index (χ2n) is 5.37. The summed E-state index contributed by atoms with van der Waals surface area (Å²) in [5.41, 5.74) is 0.852. The van der Waals surface area contributed by atoms with Crippen LogP contribution in [0, 0.1) is 22.7 Å².